The minimum absolute atomic E-state index is 0. The van der Waals surface area contributed by atoms with Crippen LogP contribution in [-0.2, 0) is 0 Å². The maximum absolute atomic E-state index is 7.88. The molecule has 0 unspecified atom stereocenters. The van der Waals surface area contributed by atoms with Gasteiger partial charge in [0.25, 0.3) is 0 Å². The third-order valence-electron chi connectivity index (χ3n) is 2.64. The Bertz CT molecular complexity index is 364. The van der Waals surface area contributed by atoms with Gasteiger partial charge in [-0.3, -0.25) is 5.41 Å². The largest absolute Gasteiger partial charge is 0.397 e. The highest BCUT2D eigenvalue weighted by atomic mass is 35.5. The predicted octanol–water partition coefficient (Wildman–Crippen LogP) is 2.55. The van der Waals surface area contributed by atoms with Crippen LogP contribution >= 0.6 is 24.8 Å². The predicted molar refractivity (Wildman–Crippen MR) is 77.5 cm³/mol. The van der Waals surface area contributed by atoms with Gasteiger partial charge in [-0.2, -0.15) is 0 Å². The number of likely N-dealkylation sites (tertiary alicyclic amines) is 1. The minimum atomic E-state index is 0. The van der Waals surface area contributed by atoms with Gasteiger partial charge in [0.1, 0.15) is 0 Å². The van der Waals surface area contributed by atoms with Gasteiger partial charge in [0.05, 0.1) is 11.4 Å². The van der Waals surface area contributed by atoms with Crippen molar-refractivity contribution in [3.8, 4) is 0 Å². The summed E-state index contributed by atoms with van der Waals surface area (Å²) < 4.78 is 0. The molecule has 0 atom stereocenters. The monoisotopic (exact) mass is 276 g/mol. The Morgan fingerprint density at radius 2 is 1.76 bits per heavy atom. The average molecular weight is 277 g/mol. The summed E-state index contributed by atoms with van der Waals surface area (Å²) in [7, 11) is 0. The Balaban J connectivity index is 0.00000128. The molecule has 6 heteroatoms. The second-order valence-corrected chi connectivity index (χ2v) is 3.76. The first-order valence-electron chi connectivity index (χ1n) is 5.22. The van der Waals surface area contributed by atoms with Crippen molar-refractivity contribution in [1.29, 1.82) is 5.41 Å². The molecule has 0 aliphatic carbocycles. The van der Waals surface area contributed by atoms with E-state index < -0.39 is 0 Å². The fourth-order valence-electron chi connectivity index (χ4n) is 1.76. The minimum Gasteiger partial charge on any atom is -0.397 e. The number of rotatable bonds is 1. The number of hydrogen-bond donors (Lipinski definition) is 3. The van der Waals surface area contributed by atoms with E-state index >= 15 is 0 Å². The van der Waals surface area contributed by atoms with E-state index in [9.17, 15) is 0 Å². The summed E-state index contributed by atoms with van der Waals surface area (Å²) in [4.78, 5) is 2.03. The number of guanidine groups is 1. The lowest BCUT2D eigenvalue weighted by Gasteiger charge is -2.20. The number of anilines is 2. The Labute approximate surface area is 114 Å². The van der Waals surface area contributed by atoms with Crippen molar-refractivity contribution in [2.24, 2.45) is 0 Å². The molecule has 1 aromatic rings. The average Bonchev–Trinajstić information content (AvgIpc) is 2.74. The molecular weight excluding hydrogens is 259 g/mol. The molecule has 1 aromatic carbocycles. The molecule has 1 aliphatic heterocycles. The zero-order valence-electron chi connectivity index (χ0n) is 9.48. The summed E-state index contributed by atoms with van der Waals surface area (Å²) in [6.07, 6.45) is 2.35. The molecule has 1 fully saturated rings. The topological polar surface area (TPSA) is 65.1 Å². The molecule has 0 aromatic heterocycles. The zero-order chi connectivity index (χ0) is 10.7. The molecule has 17 heavy (non-hydrogen) atoms. The highest BCUT2D eigenvalue weighted by Crippen LogP contribution is 2.18. The van der Waals surface area contributed by atoms with Crippen LogP contribution in [0.4, 0.5) is 11.4 Å². The Kier molecular flexibility index (Phi) is 6.76. The van der Waals surface area contributed by atoms with Crippen molar-refractivity contribution < 1.29 is 0 Å². The van der Waals surface area contributed by atoms with Gasteiger partial charge in [-0.05, 0) is 25.0 Å². The van der Waals surface area contributed by atoms with E-state index in [1.54, 1.807) is 0 Å². The molecule has 2 rings (SSSR count). The van der Waals surface area contributed by atoms with E-state index in [1.165, 1.54) is 12.8 Å². The van der Waals surface area contributed by atoms with Crippen LogP contribution in [0.3, 0.4) is 0 Å². The second-order valence-electron chi connectivity index (χ2n) is 3.76. The second kappa shape index (κ2) is 7.25. The van der Waals surface area contributed by atoms with Gasteiger partial charge in [0.15, 0.2) is 5.96 Å². The van der Waals surface area contributed by atoms with Gasteiger partial charge < -0.3 is 16.0 Å². The normalized spacial score (nSPS) is 13.5. The summed E-state index contributed by atoms with van der Waals surface area (Å²) in [6.45, 7) is 1.94. The molecule has 0 spiro atoms. The van der Waals surface area contributed by atoms with E-state index in [2.05, 4.69) is 5.32 Å². The summed E-state index contributed by atoms with van der Waals surface area (Å²) in [5.41, 5.74) is 7.29. The smallest absolute Gasteiger partial charge is 0.195 e. The first kappa shape index (κ1) is 15.9. The molecule has 0 bridgehead atoms. The third-order valence-corrected chi connectivity index (χ3v) is 2.64. The molecule has 4 nitrogen and oxygen atoms in total. The molecule has 0 radical (unpaired) electrons. The van der Waals surface area contributed by atoms with Crippen molar-refractivity contribution in [3.63, 3.8) is 0 Å². The number of halogens is 2. The quantitative estimate of drug-likeness (QED) is 0.420. The van der Waals surface area contributed by atoms with Gasteiger partial charge in [0, 0.05) is 13.1 Å². The number of nitrogens with one attached hydrogen (secondary N) is 2. The summed E-state index contributed by atoms with van der Waals surface area (Å²) >= 11 is 0. The molecule has 0 amide bonds. The van der Waals surface area contributed by atoms with Crippen LogP contribution in [0, 0.1) is 5.41 Å². The molecular formula is C11H18Cl2N4. The molecule has 96 valence electrons. The lowest BCUT2D eigenvalue weighted by Crippen LogP contribution is -2.33. The number of para-hydroxylation sites is 2. The highest BCUT2D eigenvalue weighted by Gasteiger charge is 2.15. The van der Waals surface area contributed by atoms with Crippen LogP contribution < -0.4 is 11.1 Å². The van der Waals surface area contributed by atoms with Gasteiger partial charge in [-0.25, -0.2) is 0 Å². The molecule has 1 heterocycles. The van der Waals surface area contributed by atoms with Crippen LogP contribution in [0.25, 0.3) is 0 Å². The third kappa shape index (κ3) is 3.98. The van der Waals surface area contributed by atoms with E-state index in [0.717, 1.165) is 18.8 Å². The van der Waals surface area contributed by atoms with E-state index in [1.807, 2.05) is 29.2 Å². The molecule has 1 saturated heterocycles. The SMILES string of the molecule is Cl.Cl.N=C(Nc1ccccc1N)N1CCCC1. The number of nitrogens with two attached hydrogens (primary N) is 1. The number of hydrogen-bond acceptors (Lipinski definition) is 2. The maximum atomic E-state index is 7.88. The number of benzene rings is 1. The first-order chi connectivity index (χ1) is 7.27. The van der Waals surface area contributed by atoms with Gasteiger partial charge in [0.2, 0.25) is 0 Å². The highest BCUT2D eigenvalue weighted by molar-refractivity contribution is 5.94. The standard InChI is InChI=1S/C11H16N4.2ClH/c12-9-5-1-2-6-10(9)14-11(13)15-7-3-4-8-15;;/h1-2,5-6H,3-4,7-8,12H2,(H2,13,14);2*1H. The Morgan fingerprint density at radius 1 is 1.18 bits per heavy atom. The van der Waals surface area contributed by atoms with Crippen LogP contribution in [0.1, 0.15) is 12.8 Å². The molecule has 4 N–H and O–H groups in total. The van der Waals surface area contributed by atoms with Crippen LogP contribution in [-0.4, -0.2) is 23.9 Å². The van der Waals surface area contributed by atoms with Crippen molar-refractivity contribution in [1.82, 2.24) is 4.90 Å². The summed E-state index contributed by atoms with van der Waals surface area (Å²) in [5.74, 6) is 0.449. The van der Waals surface area contributed by atoms with Crippen molar-refractivity contribution in [2.75, 3.05) is 24.1 Å². The fourth-order valence-corrected chi connectivity index (χ4v) is 1.76. The Hall–Kier alpha value is -1.13. The van der Waals surface area contributed by atoms with Crippen molar-refractivity contribution >= 4 is 42.1 Å². The van der Waals surface area contributed by atoms with Gasteiger partial charge in [-0.15, -0.1) is 24.8 Å². The van der Waals surface area contributed by atoms with E-state index in [0.29, 0.717) is 11.6 Å². The van der Waals surface area contributed by atoms with Crippen molar-refractivity contribution in [2.45, 2.75) is 12.8 Å². The number of nitrogen functional groups attached to an aromatic ring is 1. The van der Waals surface area contributed by atoms with E-state index in [4.69, 9.17) is 11.1 Å². The zero-order valence-corrected chi connectivity index (χ0v) is 11.1. The molecule has 0 saturated carbocycles. The van der Waals surface area contributed by atoms with Gasteiger partial charge in [-0.1, -0.05) is 12.1 Å². The molecule has 1 aliphatic rings. The number of nitrogens with zero attached hydrogens (tertiary/aromatic N) is 1. The van der Waals surface area contributed by atoms with Crippen molar-refractivity contribution in [3.05, 3.63) is 24.3 Å². The lowest BCUT2D eigenvalue weighted by molar-refractivity contribution is 0.514. The van der Waals surface area contributed by atoms with Gasteiger partial charge >= 0.3 is 0 Å². The first-order valence-corrected chi connectivity index (χ1v) is 5.22. The van der Waals surface area contributed by atoms with E-state index in [-0.39, 0.29) is 24.8 Å². The fraction of sp³-hybridized carbons (Fsp3) is 0.364. The summed E-state index contributed by atoms with van der Waals surface area (Å²) in [6, 6.07) is 7.52. The van der Waals surface area contributed by atoms with Crippen LogP contribution in [0.15, 0.2) is 24.3 Å². The van der Waals surface area contributed by atoms with Crippen LogP contribution in [0.2, 0.25) is 0 Å². The Morgan fingerprint density at radius 3 is 2.35 bits per heavy atom. The maximum Gasteiger partial charge on any atom is 0.195 e. The van der Waals surface area contributed by atoms with Crippen LogP contribution in [0.5, 0.6) is 0 Å². The lowest BCUT2D eigenvalue weighted by atomic mass is 10.3. The summed E-state index contributed by atoms with van der Waals surface area (Å²) in [5, 5.41) is 10.9.